The number of allylic oxidation sites excluding steroid dienone is 1. The van der Waals surface area contributed by atoms with Gasteiger partial charge >= 0.3 is 0 Å². The lowest BCUT2D eigenvalue weighted by Crippen LogP contribution is -2.05. The molecule has 3 nitrogen and oxygen atoms in total. The molecule has 0 saturated carbocycles. The van der Waals surface area contributed by atoms with E-state index in [4.69, 9.17) is 22.1 Å². The van der Waals surface area contributed by atoms with Crippen molar-refractivity contribution in [1.29, 1.82) is 0 Å². The van der Waals surface area contributed by atoms with Crippen molar-refractivity contribution >= 4 is 35.3 Å². The number of benzene rings is 2. The minimum Gasteiger partial charge on any atom is -0.487 e. The number of ether oxygens (including phenoxy) is 1. The third-order valence-corrected chi connectivity index (χ3v) is 6.43. The van der Waals surface area contributed by atoms with Gasteiger partial charge in [0.25, 0.3) is 0 Å². The Labute approximate surface area is 199 Å². The van der Waals surface area contributed by atoms with E-state index in [1.54, 1.807) is 11.3 Å². The molecule has 0 amide bonds. The molecule has 0 radical (unpaired) electrons. The zero-order valence-electron chi connectivity index (χ0n) is 17.6. The fourth-order valence-corrected chi connectivity index (χ4v) is 4.44. The van der Waals surface area contributed by atoms with Gasteiger partial charge in [0.2, 0.25) is 0 Å². The van der Waals surface area contributed by atoms with E-state index in [1.807, 2.05) is 42.6 Å². The molecule has 0 fully saturated rings. The Morgan fingerprint density at radius 2 is 1.90 bits per heavy atom. The normalized spacial score (nSPS) is 11.6. The van der Waals surface area contributed by atoms with Crippen molar-refractivity contribution in [3.8, 4) is 16.2 Å². The topological polar surface area (TPSA) is 55.5 Å². The maximum atomic E-state index is 9.49. The Kier molecular flexibility index (Phi) is 10.4. The summed E-state index contributed by atoms with van der Waals surface area (Å²) in [5.74, 6) is 0.875. The molecule has 1 heterocycles. The highest BCUT2D eigenvalue weighted by molar-refractivity contribution is 7.14. The SMILES string of the molecule is CCC(N)=C(CO)CCCc1ccc(-c2sccc2OCc2ccccc2)cc1Cl.Cl. The summed E-state index contributed by atoms with van der Waals surface area (Å²) in [6.45, 7) is 2.57. The molecule has 3 rings (SSSR count). The summed E-state index contributed by atoms with van der Waals surface area (Å²) in [5.41, 5.74) is 11.0. The van der Waals surface area contributed by atoms with Crippen molar-refractivity contribution < 1.29 is 9.84 Å². The number of hydrogen-bond donors (Lipinski definition) is 2. The lowest BCUT2D eigenvalue weighted by molar-refractivity contribution is 0.309. The molecule has 0 unspecified atom stereocenters. The van der Waals surface area contributed by atoms with Gasteiger partial charge in [-0.1, -0.05) is 61.0 Å². The van der Waals surface area contributed by atoms with E-state index in [1.165, 1.54) is 0 Å². The molecule has 0 aliphatic carbocycles. The zero-order valence-corrected chi connectivity index (χ0v) is 20.0. The Balaban J connectivity index is 0.00000341. The van der Waals surface area contributed by atoms with Gasteiger partial charge in [0.15, 0.2) is 0 Å². The molecule has 6 heteroatoms. The molecule has 0 atom stereocenters. The molecule has 0 aliphatic rings. The van der Waals surface area contributed by atoms with E-state index in [0.29, 0.717) is 6.61 Å². The molecule has 166 valence electrons. The minimum atomic E-state index is 0. The second-order valence-corrected chi connectivity index (χ2v) is 8.51. The average Bonchev–Trinajstić information content (AvgIpc) is 3.25. The van der Waals surface area contributed by atoms with E-state index in [2.05, 4.69) is 24.3 Å². The Bertz CT molecular complexity index is 986. The largest absolute Gasteiger partial charge is 0.487 e. The first-order valence-corrected chi connectivity index (χ1v) is 11.5. The van der Waals surface area contributed by atoms with Gasteiger partial charge in [-0.2, -0.15) is 0 Å². The van der Waals surface area contributed by atoms with Crippen LogP contribution in [-0.2, 0) is 13.0 Å². The second-order valence-electron chi connectivity index (χ2n) is 7.19. The van der Waals surface area contributed by atoms with Gasteiger partial charge in [-0.3, -0.25) is 0 Å². The van der Waals surface area contributed by atoms with Crippen LogP contribution in [0.25, 0.3) is 10.4 Å². The summed E-state index contributed by atoms with van der Waals surface area (Å²) in [6.07, 6.45) is 3.30. The predicted octanol–water partition coefficient (Wildman–Crippen LogP) is 7.01. The average molecular weight is 478 g/mol. The van der Waals surface area contributed by atoms with Gasteiger partial charge in [0.1, 0.15) is 12.4 Å². The first-order valence-electron chi connectivity index (χ1n) is 10.2. The second kappa shape index (κ2) is 12.8. The van der Waals surface area contributed by atoms with Crippen LogP contribution in [0.1, 0.15) is 37.3 Å². The Morgan fingerprint density at radius 1 is 1.13 bits per heavy atom. The van der Waals surface area contributed by atoms with Gasteiger partial charge in [0, 0.05) is 10.7 Å². The molecule has 3 aromatic rings. The van der Waals surface area contributed by atoms with Crippen LogP contribution in [0.5, 0.6) is 5.75 Å². The van der Waals surface area contributed by atoms with Crippen LogP contribution < -0.4 is 10.5 Å². The number of rotatable bonds is 10. The maximum absolute atomic E-state index is 9.49. The number of thiophene rings is 1. The summed E-state index contributed by atoms with van der Waals surface area (Å²) < 4.78 is 6.05. The number of aryl methyl sites for hydroxylation is 1. The lowest BCUT2D eigenvalue weighted by Gasteiger charge is -2.11. The van der Waals surface area contributed by atoms with Crippen LogP contribution in [-0.4, -0.2) is 11.7 Å². The molecular formula is C25H29Cl2NO2S. The summed E-state index contributed by atoms with van der Waals surface area (Å²) in [4.78, 5) is 1.08. The predicted molar refractivity (Wildman–Crippen MR) is 134 cm³/mol. The molecule has 1 aromatic heterocycles. The number of aliphatic hydroxyl groups is 1. The molecule has 3 N–H and O–H groups in total. The molecule has 0 aliphatic heterocycles. The first-order chi connectivity index (χ1) is 14.6. The number of nitrogens with two attached hydrogens (primary N) is 1. The van der Waals surface area contributed by atoms with Gasteiger partial charge in [-0.05, 0) is 65.5 Å². The van der Waals surface area contributed by atoms with E-state index < -0.39 is 0 Å². The van der Waals surface area contributed by atoms with Gasteiger partial charge in [-0.15, -0.1) is 23.7 Å². The summed E-state index contributed by atoms with van der Waals surface area (Å²) in [6, 6.07) is 18.4. The van der Waals surface area contributed by atoms with Crippen molar-refractivity contribution in [1.82, 2.24) is 0 Å². The third kappa shape index (κ3) is 7.01. The summed E-state index contributed by atoms with van der Waals surface area (Å²) in [7, 11) is 0. The fourth-order valence-electron chi connectivity index (χ4n) is 3.33. The number of hydrogen-bond acceptors (Lipinski definition) is 4. The highest BCUT2D eigenvalue weighted by atomic mass is 35.5. The summed E-state index contributed by atoms with van der Waals surface area (Å²) in [5, 5.41) is 12.3. The van der Waals surface area contributed by atoms with E-state index in [9.17, 15) is 5.11 Å². The van der Waals surface area contributed by atoms with Crippen LogP contribution in [0.15, 0.2) is 71.2 Å². The van der Waals surface area contributed by atoms with Crippen LogP contribution in [0, 0.1) is 0 Å². The molecule has 0 saturated heterocycles. The fraction of sp³-hybridized carbons (Fsp3) is 0.280. The number of halogens is 2. The van der Waals surface area contributed by atoms with Gasteiger partial charge in [0.05, 0.1) is 11.5 Å². The van der Waals surface area contributed by atoms with Crippen LogP contribution in [0.2, 0.25) is 5.02 Å². The zero-order chi connectivity index (χ0) is 21.3. The minimum absolute atomic E-state index is 0. The Hall–Kier alpha value is -1.98. The lowest BCUT2D eigenvalue weighted by atomic mass is 10.0. The van der Waals surface area contributed by atoms with Crippen LogP contribution >= 0.6 is 35.3 Å². The number of aliphatic hydroxyl groups excluding tert-OH is 1. The molecule has 0 bridgehead atoms. The first kappa shape index (κ1) is 25.3. The molecule has 31 heavy (non-hydrogen) atoms. The Morgan fingerprint density at radius 3 is 2.58 bits per heavy atom. The van der Waals surface area contributed by atoms with Crippen molar-refractivity contribution in [2.24, 2.45) is 5.73 Å². The van der Waals surface area contributed by atoms with E-state index in [-0.39, 0.29) is 19.0 Å². The van der Waals surface area contributed by atoms with E-state index >= 15 is 0 Å². The highest BCUT2D eigenvalue weighted by Crippen LogP contribution is 2.38. The molecule has 0 spiro atoms. The van der Waals surface area contributed by atoms with Crippen molar-refractivity contribution in [2.75, 3.05) is 6.61 Å². The van der Waals surface area contributed by atoms with Crippen molar-refractivity contribution in [2.45, 2.75) is 39.2 Å². The third-order valence-electron chi connectivity index (χ3n) is 5.13. The van der Waals surface area contributed by atoms with Gasteiger partial charge < -0.3 is 15.6 Å². The van der Waals surface area contributed by atoms with Crippen molar-refractivity contribution in [3.05, 3.63) is 87.4 Å². The maximum Gasteiger partial charge on any atom is 0.138 e. The van der Waals surface area contributed by atoms with Gasteiger partial charge in [-0.25, -0.2) is 0 Å². The smallest absolute Gasteiger partial charge is 0.138 e. The van der Waals surface area contributed by atoms with Crippen molar-refractivity contribution in [3.63, 3.8) is 0 Å². The highest BCUT2D eigenvalue weighted by Gasteiger charge is 2.11. The van der Waals surface area contributed by atoms with Crippen LogP contribution in [0.4, 0.5) is 0 Å². The standard InChI is InChI=1S/C25H28ClNO2S.ClH/c1-2-23(27)21(16-28)10-6-9-19-11-12-20(15-22(19)26)25-24(13-14-30-25)29-17-18-7-4-3-5-8-18;/h3-5,7-8,11-15,28H,2,6,9-10,16-17,27H2,1H3;1H. The monoisotopic (exact) mass is 477 g/mol. The quantitative estimate of drug-likeness (QED) is 0.330. The molecule has 2 aromatic carbocycles. The molecular weight excluding hydrogens is 449 g/mol. The van der Waals surface area contributed by atoms with Crippen LogP contribution in [0.3, 0.4) is 0 Å². The van der Waals surface area contributed by atoms with E-state index in [0.717, 1.165) is 69.3 Å². The summed E-state index contributed by atoms with van der Waals surface area (Å²) >= 11 is 8.24.